The summed E-state index contributed by atoms with van der Waals surface area (Å²) < 4.78 is 65.4. The summed E-state index contributed by atoms with van der Waals surface area (Å²) >= 11 is 0. The van der Waals surface area contributed by atoms with Gasteiger partial charge < -0.3 is 55.9 Å². The fourth-order valence-electron chi connectivity index (χ4n) is 7.60. The van der Waals surface area contributed by atoms with Gasteiger partial charge in [-0.2, -0.15) is 0 Å². The Kier molecular flexibility index (Phi) is 27.1. The lowest BCUT2D eigenvalue weighted by molar-refractivity contribution is -0.0132. The van der Waals surface area contributed by atoms with Crippen LogP contribution in [0.2, 0.25) is 40.9 Å². The third kappa shape index (κ3) is 20.4. The van der Waals surface area contributed by atoms with Gasteiger partial charge in [0.05, 0.1) is 0 Å². The zero-order chi connectivity index (χ0) is 46.3. The first-order valence-corrected chi connectivity index (χ1v) is 23.5. The molecule has 6 fully saturated rings. The second-order valence-corrected chi connectivity index (χ2v) is 18.7. The molecule has 6 heterocycles. The topological polar surface area (TPSA) is 111 Å². The molecule has 0 bridgehead atoms. The molecule has 0 spiro atoms. The van der Waals surface area contributed by atoms with E-state index in [4.69, 9.17) is 55.9 Å². The van der Waals surface area contributed by atoms with Crippen molar-refractivity contribution in [2.24, 2.45) is 35.5 Å². The lowest BCUT2D eigenvalue weighted by Gasteiger charge is -2.35. The molecule has 348 valence electrons. The van der Waals surface area contributed by atoms with Crippen LogP contribution in [0.15, 0.2) is 0 Å². The average molecular weight is 852 g/mol. The van der Waals surface area contributed by atoms with E-state index in [9.17, 15) is 0 Å². The van der Waals surface area contributed by atoms with Gasteiger partial charge in [0.2, 0.25) is 0 Å². The van der Waals surface area contributed by atoms with Crippen molar-refractivity contribution in [2.75, 3.05) is 0 Å². The predicted molar refractivity (Wildman–Crippen MR) is 251 cm³/mol. The molecule has 0 aromatic rings. The van der Waals surface area contributed by atoms with Gasteiger partial charge in [-0.05, 0) is 124 Å². The van der Waals surface area contributed by atoms with Crippen molar-refractivity contribution in [1.29, 1.82) is 0 Å². The van der Waals surface area contributed by atoms with Crippen molar-refractivity contribution >= 4 is 42.7 Å². The van der Waals surface area contributed by atoms with Crippen molar-refractivity contribution in [3.63, 3.8) is 0 Å². The molecule has 12 unspecified atom stereocenters. The van der Waals surface area contributed by atoms with Gasteiger partial charge in [0, 0.05) is 109 Å². The first kappa shape index (κ1) is 57.9. The SMILES string of the molecule is CB1OC(C)C(C)C(C)O1.CB1OC(C)C(C)C(C)O1.CB1OC(C)C(C)C(C)O1.CB1OC(C)C(C)C(C)O1.CB1OC(C)C(C)C(C)O1.CB1OC(C)C(C)C(C)O1. The molecule has 0 saturated carbocycles. The highest BCUT2D eigenvalue weighted by Gasteiger charge is 2.35. The first-order chi connectivity index (χ1) is 27.7. The van der Waals surface area contributed by atoms with E-state index in [2.05, 4.69) is 125 Å². The molecule has 6 rings (SSSR count). The standard InChI is InChI=1S/6C7H15BO2/c6*1-5-6(2)9-8(4)10-7(5)3/h6*5-7H,1-4H3. The lowest BCUT2D eigenvalue weighted by atomic mass is 9.86. The van der Waals surface area contributed by atoms with Crippen molar-refractivity contribution in [2.45, 2.75) is 239 Å². The zero-order valence-corrected chi connectivity index (χ0v) is 42.8. The molecule has 0 aliphatic carbocycles. The van der Waals surface area contributed by atoms with Crippen molar-refractivity contribution < 1.29 is 55.9 Å². The van der Waals surface area contributed by atoms with Crippen LogP contribution in [-0.2, 0) is 55.9 Å². The molecule has 0 aromatic heterocycles. The summed E-state index contributed by atoms with van der Waals surface area (Å²) in [6.45, 7) is 49.8. The minimum Gasteiger partial charge on any atom is -0.408 e. The lowest BCUT2D eigenvalue weighted by Crippen LogP contribution is -2.43. The molecule has 0 radical (unpaired) electrons. The van der Waals surface area contributed by atoms with Gasteiger partial charge in [-0.3, -0.25) is 0 Å². The molecule has 6 aliphatic rings. The molecule has 12 atom stereocenters. The quantitative estimate of drug-likeness (QED) is 0.217. The van der Waals surface area contributed by atoms with Crippen LogP contribution in [-0.4, -0.2) is 116 Å². The second-order valence-electron chi connectivity index (χ2n) is 18.7. The Balaban J connectivity index is 0.000000360. The van der Waals surface area contributed by atoms with Crippen LogP contribution < -0.4 is 0 Å². The molecule has 18 heteroatoms. The Morgan fingerprint density at radius 2 is 0.233 bits per heavy atom. The third-order valence-electron chi connectivity index (χ3n) is 13.8. The van der Waals surface area contributed by atoms with Crippen LogP contribution in [0.1, 0.15) is 125 Å². The summed E-state index contributed by atoms with van der Waals surface area (Å²) in [5.74, 6) is 3.06. The third-order valence-corrected chi connectivity index (χ3v) is 13.8. The van der Waals surface area contributed by atoms with E-state index in [1.165, 1.54) is 0 Å². The van der Waals surface area contributed by atoms with Gasteiger partial charge >= 0.3 is 42.7 Å². The Bertz CT molecular complexity index is 854. The van der Waals surface area contributed by atoms with Crippen LogP contribution in [0.4, 0.5) is 0 Å². The van der Waals surface area contributed by atoms with E-state index in [0.29, 0.717) is 109 Å². The summed E-state index contributed by atoms with van der Waals surface area (Å²) in [5, 5.41) is 0. The van der Waals surface area contributed by atoms with Gasteiger partial charge in [0.25, 0.3) is 0 Å². The van der Waals surface area contributed by atoms with E-state index in [-0.39, 0.29) is 42.7 Å². The van der Waals surface area contributed by atoms with E-state index >= 15 is 0 Å². The van der Waals surface area contributed by atoms with Gasteiger partial charge in [0.1, 0.15) is 0 Å². The fourth-order valence-corrected chi connectivity index (χ4v) is 7.60. The monoisotopic (exact) mass is 853 g/mol. The molecule has 0 N–H and O–H groups in total. The summed E-state index contributed by atoms with van der Waals surface area (Å²) in [5.41, 5.74) is 0. The minimum absolute atomic E-state index is 0.0267. The molecule has 60 heavy (non-hydrogen) atoms. The number of rotatable bonds is 0. The van der Waals surface area contributed by atoms with E-state index in [1.807, 2.05) is 40.9 Å². The van der Waals surface area contributed by atoms with E-state index < -0.39 is 0 Å². The number of hydrogen-bond donors (Lipinski definition) is 0. The van der Waals surface area contributed by atoms with Crippen LogP contribution in [0, 0.1) is 35.5 Å². The molecule has 6 saturated heterocycles. The van der Waals surface area contributed by atoms with Gasteiger partial charge in [-0.15, -0.1) is 0 Å². The first-order valence-electron chi connectivity index (χ1n) is 23.5. The van der Waals surface area contributed by atoms with Crippen LogP contribution in [0.3, 0.4) is 0 Å². The van der Waals surface area contributed by atoms with Gasteiger partial charge in [0.15, 0.2) is 0 Å². The summed E-state index contributed by atoms with van der Waals surface area (Å²) in [6.07, 6.45) is 3.99. The fraction of sp³-hybridized carbons (Fsp3) is 1.00. The molecular weight excluding hydrogens is 761 g/mol. The van der Waals surface area contributed by atoms with Crippen molar-refractivity contribution in [1.82, 2.24) is 0 Å². The predicted octanol–water partition coefficient (Wildman–Crippen LogP) is 9.39. The highest BCUT2D eigenvalue weighted by molar-refractivity contribution is 6.44. The van der Waals surface area contributed by atoms with Crippen molar-refractivity contribution in [3.8, 4) is 0 Å². The molecular formula is C42H90B6O12. The van der Waals surface area contributed by atoms with Crippen molar-refractivity contribution in [3.05, 3.63) is 0 Å². The zero-order valence-electron chi connectivity index (χ0n) is 42.8. The molecule has 12 nitrogen and oxygen atoms in total. The highest BCUT2D eigenvalue weighted by atomic mass is 16.6. The van der Waals surface area contributed by atoms with Crippen LogP contribution in [0.25, 0.3) is 0 Å². The molecule has 0 aromatic carbocycles. The van der Waals surface area contributed by atoms with Crippen LogP contribution >= 0.6 is 0 Å². The largest absolute Gasteiger partial charge is 0.453 e. The Labute approximate surface area is 371 Å². The Hall–Kier alpha value is -0.0904. The van der Waals surface area contributed by atoms with E-state index in [1.54, 1.807) is 0 Å². The summed E-state index contributed by atoms with van der Waals surface area (Å²) in [4.78, 5) is 0. The maximum Gasteiger partial charge on any atom is 0.453 e. The maximum absolute atomic E-state index is 5.45. The van der Waals surface area contributed by atoms with E-state index in [0.717, 1.165) is 0 Å². The molecule has 0 amide bonds. The normalized spacial score (nSPS) is 42.0. The Morgan fingerprint density at radius 1 is 0.167 bits per heavy atom. The van der Waals surface area contributed by atoms with Gasteiger partial charge in [-0.1, -0.05) is 41.5 Å². The smallest absolute Gasteiger partial charge is 0.408 e. The van der Waals surface area contributed by atoms with Crippen LogP contribution in [0.5, 0.6) is 0 Å². The Morgan fingerprint density at radius 3 is 0.300 bits per heavy atom. The number of hydrogen-bond acceptors (Lipinski definition) is 12. The molecule has 6 aliphatic heterocycles. The average Bonchev–Trinajstić information content (AvgIpc) is 3.13. The summed E-state index contributed by atoms with van der Waals surface area (Å²) in [6, 6.07) is 0. The van der Waals surface area contributed by atoms with Gasteiger partial charge in [-0.25, -0.2) is 0 Å². The minimum atomic E-state index is -0.0267. The second kappa shape index (κ2) is 28.1. The maximum atomic E-state index is 5.45. The highest BCUT2D eigenvalue weighted by Crippen LogP contribution is 2.26. The summed E-state index contributed by atoms with van der Waals surface area (Å²) in [7, 11) is -0.160.